The van der Waals surface area contributed by atoms with Crippen LogP contribution in [0.4, 0.5) is 16.2 Å². The van der Waals surface area contributed by atoms with Crippen molar-refractivity contribution in [2.75, 3.05) is 31.3 Å². The highest BCUT2D eigenvalue weighted by Gasteiger charge is 2.54. The molecule has 2 aliphatic rings. The molecule has 0 aliphatic carbocycles. The maximum Gasteiger partial charge on any atom is 0.325 e. The minimum atomic E-state index is -4.24. The van der Waals surface area contributed by atoms with E-state index >= 15 is 4.39 Å². The Balaban J connectivity index is 1.19. The van der Waals surface area contributed by atoms with Crippen LogP contribution >= 0.6 is 18.5 Å². The van der Waals surface area contributed by atoms with Crippen molar-refractivity contribution in [2.45, 2.75) is 40.8 Å². The van der Waals surface area contributed by atoms with E-state index in [1.807, 2.05) is 0 Å². The number of nitrogens with zero attached hydrogens (tertiary/aromatic N) is 9. The lowest BCUT2D eigenvalue weighted by Crippen LogP contribution is -2.44. The van der Waals surface area contributed by atoms with Crippen molar-refractivity contribution in [3.05, 3.63) is 16.7 Å². The summed E-state index contributed by atoms with van der Waals surface area (Å²) in [5.41, 5.74) is 10.5. The molecule has 2 aliphatic heterocycles. The summed E-state index contributed by atoms with van der Waals surface area (Å²) in [5.74, 6) is -2.90. The van der Waals surface area contributed by atoms with Crippen LogP contribution in [0.15, 0.2) is 11.1 Å². The summed E-state index contributed by atoms with van der Waals surface area (Å²) in [6, 6.07) is 0. The van der Waals surface area contributed by atoms with Gasteiger partial charge in [-0.1, -0.05) is 10.4 Å². The molecule has 0 bridgehead atoms. The summed E-state index contributed by atoms with van der Waals surface area (Å²) in [4.78, 5) is 37.1. The SMILES string of the molecule is Nc1nc2c(nnn2[C@@H]2S[C@H](CO)[C@@H](O)[C@H]2OP(O)(=S)OC[C@H]2OCC(F)(n3nnc4c(N)ncnc43)[C@@H]2O)c(=O)[nH]1. The number of anilines is 2. The van der Waals surface area contributed by atoms with E-state index in [4.69, 9.17) is 37.1 Å². The number of alkyl halides is 1. The van der Waals surface area contributed by atoms with Crippen LogP contribution in [0.2, 0.25) is 0 Å². The number of aromatic nitrogens is 10. The number of hydrogen-bond acceptors (Lipinski definition) is 18. The Morgan fingerprint density at radius 1 is 1.26 bits per heavy atom. The molecule has 4 aromatic rings. The summed E-state index contributed by atoms with van der Waals surface area (Å²) in [6.45, 7) is -6.05. The van der Waals surface area contributed by atoms with Gasteiger partial charge in [-0.2, -0.15) is 9.67 Å². The van der Waals surface area contributed by atoms with Crippen molar-refractivity contribution >= 4 is 64.4 Å². The molecule has 6 rings (SSSR count). The van der Waals surface area contributed by atoms with Crippen molar-refractivity contribution in [3.63, 3.8) is 0 Å². The van der Waals surface area contributed by atoms with Crippen molar-refractivity contribution in [1.29, 1.82) is 0 Å². The summed E-state index contributed by atoms with van der Waals surface area (Å²) in [7, 11) is 0. The number of fused-ring (bicyclic) bond motifs is 2. The lowest BCUT2D eigenvalue weighted by atomic mass is 10.1. The lowest BCUT2D eigenvalue weighted by molar-refractivity contribution is -0.0545. The number of halogens is 1. The van der Waals surface area contributed by atoms with Gasteiger partial charge in [0.1, 0.15) is 36.6 Å². The maximum absolute atomic E-state index is 16.0. The number of aliphatic hydroxyl groups excluding tert-OH is 3. The molecular weight excluding hydrogens is 626 g/mol. The quantitative estimate of drug-likeness (QED) is 0.0930. The van der Waals surface area contributed by atoms with E-state index in [1.54, 1.807) is 0 Å². The predicted octanol–water partition coefficient (Wildman–Crippen LogP) is -3.12. The maximum atomic E-state index is 16.0. The third-order valence-corrected chi connectivity index (χ3v) is 9.75. The number of nitrogens with two attached hydrogens (primary N) is 2. The number of nitrogens with one attached hydrogen (secondary N) is 1. The molecule has 0 aromatic carbocycles. The highest BCUT2D eigenvalue weighted by Crippen LogP contribution is 2.53. The van der Waals surface area contributed by atoms with E-state index < -0.39 is 72.9 Å². The van der Waals surface area contributed by atoms with E-state index in [9.17, 15) is 25.0 Å². The third kappa shape index (κ3) is 4.80. The average molecular weight is 649 g/mol. The summed E-state index contributed by atoms with van der Waals surface area (Å²) in [6.07, 6.45) is -4.91. The molecule has 42 heavy (non-hydrogen) atoms. The van der Waals surface area contributed by atoms with Gasteiger partial charge >= 0.3 is 6.72 Å². The largest absolute Gasteiger partial charge is 0.395 e. The molecule has 0 amide bonds. The molecule has 9 N–H and O–H groups in total. The smallest absolute Gasteiger partial charge is 0.325 e. The number of aromatic amines is 1. The van der Waals surface area contributed by atoms with E-state index in [0.29, 0.717) is 0 Å². The normalized spacial score (nSPS) is 31.3. The second-order valence-electron chi connectivity index (χ2n) is 9.28. The van der Waals surface area contributed by atoms with Gasteiger partial charge in [0.15, 0.2) is 28.1 Å². The van der Waals surface area contributed by atoms with Gasteiger partial charge in [-0.3, -0.25) is 14.3 Å². The second-order valence-corrected chi connectivity index (χ2v) is 13.4. The fourth-order valence-electron chi connectivity index (χ4n) is 4.59. The van der Waals surface area contributed by atoms with Crippen molar-refractivity contribution in [3.8, 4) is 0 Å². The van der Waals surface area contributed by atoms with Gasteiger partial charge in [-0.15, -0.1) is 22.0 Å². The van der Waals surface area contributed by atoms with Gasteiger partial charge < -0.3 is 40.9 Å². The summed E-state index contributed by atoms with van der Waals surface area (Å²) >= 11 is 6.12. The molecule has 8 atom stereocenters. The van der Waals surface area contributed by atoms with E-state index in [2.05, 4.69) is 40.6 Å². The zero-order valence-electron chi connectivity index (χ0n) is 20.9. The molecule has 2 fully saturated rings. The van der Waals surface area contributed by atoms with Gasteiger partial charge in [-0.25, -0.2) is 19.0 Å². The van der Waals surface area contributed by atoms with Crippen LogP contribution in [0.25, 0.3) is 22.3 Å². The zero-order chi connectivity index (χ0) is 30.0. The van der Waals surface area contributed by atoms with E-state index in [-0.39, 0.29) is 34.1 Å². The lowest BCUT2D eigenvalue weighted by Gasteiger charge is -2.27. The molecule has 6 heterocycles. The molecule has 0 saturated carbocycles. The monoisotopic (exact) mass is 648 g/mol. The predicted molar refractivity (Wildman–Crippen MR) is 144 cm³/mol. The summed E-state index contributed by atoms with van der Waals surface area (Å²) < 4.78 is 34.2. The number of nitrogen functional groups attached to an aromatic ring is 2. The fourth-order valence-corrected chi connectivity index (χ4v) is 7.48. The standard InChI is InChI=1S/C18H22FN12O8PS2/c19-18(31-13-7(26-29-31)12(20)22-4-23-13)3-37-5(11(18)34)2-38-40(36,41)39-10-9(33)6(1-32)42-16(10)30-14-8(27-28-30)15(35)25-17(21)24-14/h4-6,9-11,16,32-34H,1-3H2,(H,36,41)(H2,20,22,23)(H3,21,24,25,35)/t5-,6-,9-,10-,11-,16-,18?,40?/m1/s1. The van der Waals surface area contributed by atoms with Gasteiger partial charge in [0.25, 0.3) is 11.4 Å². The summed E-state index contributed by atoms with van der Waals surface area (Å²) in [5, 5.41) is 44.7. The number of aliphatic hydroxyl groups is 3. The Labute approximate surface area is 241 Å². The molecule has 0 spiro atoms. The zero-order valence-corrected chi connectivity index (χ0v) is 23.4. The fraction of sp³-hybridized carbons (Fsp3) is 0.556. The average Bonchev–Trinajstić information content (AvgIpc) is 3.70. The number of rotatable bonds is 8. The van der Waals surface area contributed by atoms with Crippen LogP contribution < -0.4 is 17.0 Å². The molecule has 226 valence electrons. The highest BCUT2D eigenvalue weighted by molar-refractivity contribution is 8.07. The van der Waals surface area contributed by atoms with Crippen molar-refractivity contribution < 1.29 is 38.4 Å². The molecular formula is C18H22FN12O8PS2. The van der Waals surface area contributed by atoms with Crippen LogP contribution in [0.3, 0.4) is 0 Å². The van der Waals surface area contributed by atoms with Crippen LogP contribution in [-0.4, -0.2) is 120 Å². The first kappa shape index (κ1) is 29.1. The number of thioether (sulfide) groups is 1. The Morgan fingerprint density at radius 2 is 2.02 bits per heavy atom. The van der Waals surface area contributed by atoms with Gasteiger partial charge in [0, 0.05) is 0 Å². The minimum Gasteiger partial charge on any atom is -0.395 e. The van der Waals surface area contributed by atoms with Crippen LogP contribution in [0, 0.1) is 0 Å². The topological polar surface area (TPSA) is 294 Å². The Bertz CT molecular complexity index is 1760. The first-order valence-electron chi connectivity index (χ1n) is 12.0. The molecule has 2 saturated heterocycles. The highest BCUT2D eigenvalue weighted by atomic mass is 32.5. The Morgan fingerprint density at radius 3 is 2.79 bits per heavy atom. The molecule has 2 unspecified atom stereocenters. The molecule has 0 radical (unpaired) electrons. The van der Waals surface area contributed by atoms with Gasteiger partial charge in [-0.05, 0) is 11.8 Å². The third-order valence-electron chi connectivity index (χ3n) is 6.67. The van der Waals surface area contributed by atoms with Crippen LogP contribution in [-0.2, 0) is 31.4 Å². The molecule has 4 aromatic heterocycles. The van der Waals surface area contributed by atoms with Gasteiger partial charge in [0.2, 0.25) is 5.95 Å². The Hall–Kier alpha value is -2.99. The number of ether oxygens (including phenoxy) is 1. The second kappa shape index (κ2) is 10.6. The molecule has 24 heteroatoms. The number of hydrogen-bond donors (Lipinski definition) is 7. The van der Waals surface area contributed by atoms with E-state index in [1.165, 1.54) is 0 Å². The first-order valence-corrected chi connectivity index (χ1v) is 15.5. The molecule has 20 nitrogen and oxygen atoms in total. The van der Waals surface area contributed by atoms with Gasteiger partial charge in [0.05, 0.1) is 24.6 Å². The van der Waals surface area contributed by atoms with Crippen LogP contribution in [0.1, 0.15) is 5.37 Å². The van der Waals surface area contributed by atoms with E-state index in [0.717, 1.165) is 27.5 Å². The van der Waals surface area contributed by atoms with Crippen LogP contribution in [0.5, 0.6) is 0 Å². The minimum absolute atomic E-state index is 0.0204. The van der Waals surface area contributed by atoms with Crippen molar-refractivity contribution in [1.82, 2.24) is 49.9 Å². The first-order chi connectivity index (χ1) is 19.9. The number of H-pyrrole nitrogens is 1. The Kier molecular flexibility index (Phi) is 7.36. The van der Waals surface area contributed by atoms with Crippen molar-refractivity contribution in [2.24, 2.45) is 0 Å².